The first-order chi connectivity index (χ1) is 10.7. The summed E-state index contributed by atoms with van der Waals surface area (Å²) in [5, 5.41) is 14.5. The third-order valence-electron chi connectivity index (χ3n) is 3.02. The molecule has 1 aromatic carbocycles. The van der Waals surface area contributed by atoms with Crippen LogP contribution in [-0.4, -0.2) is 60.0 Å². The third kappa shape index (κ3) is 4.26. The number of nitrogens with zero attached hydrogens (tertiary/aromatic N) is 5. The van der Waals surface area contributed by atoms with E-state index >= 15 is 0 Å². The Hall–Kier alpha value is -2.48. The van der Waals surface area contributed by atoms with E-state index in [0.29, 0.717) is 19.1 Å². The number of likely N-dealkylation sites (N-methyl/N-ethyl adjacent to an activating group) is 1. The molecule has 0 bridgehead atoms. The summed E-state index contributed by atoms with van der Waals surface area (Å²) in [4.78, 5) is 13.6. The van der Waals surface area contributed by atoms with Gasteiger partial charge in [0, 0.05) is 27.3 Å². The minimum atomic E-state index is -0.0822. The summed E-state index contributed by atoms with van der Waals surface area (Å²) in [5.41, 5.74) is 0.842. The van der Waals surface area contributed by atoms with Gasteiger partial charge >= 0.3 is 0 Å². The smallest absolute Gasteiger partial charge is 0.250 e. The van der Waals surface area contributed by atoms with Gasteiger partial charge in [-0.2, -0.15) is 4.68 Å². The number of hydrogen-bond donors (Lipinski definition) is 1. The Labute approximate surface area is 129 Å². The maximum atomic E-state index is 11.9. The highest BCUT2D eigenvalue weighted by Gasteiger charge is 2.15. The number of aromatic nitrogens is 4. The van der Waals surface area contributed by atoms with E-state index in [0.717, 1.165) is 12.1 Å². The van der Waals surface area contributed by atoms with E-state index in [1.807, 2.05) is 30.3 Å². The van der Waals surface area contributed by atoms with E-state index in [1.165, 1.54) is 0 Å². The van der Waals surface area contributed by atoms with Crippen LogP contribution in [0.25, 0.3) is 5.69 Å². The molecule has 0 saturated carbocycles. The molecular formula is C14H20N6O2. The average molecular weight is 304 g/mol. The number of tetrazole rings is 1. The highest BCUT2D eigenvalue weighted by molar-refractivity contribution is 5.80. The number of hydrogen-bond acceptors (Lipinski definition) is 6. The molecule has 2 rings (SSSR count). The molecule has 1 aromatic heterocycles. The SMILES string of the molecule is COCCCNC(=O)CN(C)c1nnnn1-c1ccccc1. The summed E-state index contributed by atoms with van der Waals surface area (Å²) in [6, 6.07) is 9.54. The van der Waals surface area contributed by atoms with Crippen molar-refractivity contribution in [2.24, 2.45) is 0 Å². The van der Waals surface area contributed by atoms with Crippen molar-refractivity contribution >= 4 is 11.9 Å². The highest BCUT2D eigenvalue weighted by Crippen LogP contribution is 2.13. The van der Waals surface area contributed by atoms with Gasteiger partial charge in [0.1, 0.15) is 0 Å². The molecule has 0 spiro atoms. The largest absolute Gasteiger partial charge is 0.385 e. The quantitative estimate of drug-likeness (QED) is 0.704. The summed E-state index contributed by atoms with van der Waals surface area (Å²) in [7, 11) is 3.42. The second-order valence-electron chi connectivity index (χ2n) is 4.78. The third-order valence-corrected chi connectivity index (χ3v) is 3.02. The summed E-state index contributed by atoms with van der Waals surface area (Å²) in [5.74, 6) is 0.430. The molecule has 1 N–H and O–H groups in total. The molecule has 0 aliphatic rings. The van der Waals surface area contributed by atoms with E-state index in [9.17, 15) is 4.79 Å². The monoisotopic (exact) mass is 304 g/mol. The van der Waals surface area contributed by atoms with E-state index in [-0.39, 0.29) is 12.5 Å². The summed E-state index contributed by atoms with van der Waals surface area (Å²) >= 11 is 0. The minimum absolute atomic E-state index is 0.0822. The van der Waals surface area contributed by atoms with Crippen molar-refractivity contribution in [3.8, 4) is 5.69 Å². The van der Waals surface area contributed by atoms with E-state index in [4.69, 9.17) is 4.74 Å². The van der Waals surface area contributed by atoms with E-state index < -0.39 is 0 Å². The lowest BCUT2D eigenvalue weighted by molar-refractivity contribution is -0.119. The van der Waals surface area contributed by atoms with E-state index in [1.54, 1.807) is 23.7 Å². The van der Waals surface area contributed by atoms with Gasteiger partial charge < -0.3 is 15.0 Å². The molecule has 22 heavy (non-hydrogen) atoms. The number of anilines is 1. The maximum Gasteiger partial charge on any atom is 0.250 e. The Morgan fingerprint density at radius 1 is 1.36 bits per heavy atom. The first-order valence-corrected chi connectivity index (χ1v) is 7.03. The zero-order chi connectivity index (χ0) is 15.8. The number of rotatable bonds is 8. The Bertz CT molecular complexity index is 586. The summed E-state index contributed by atoms with van der Waals surface area (Å²) < 4.78 is 6.53. The van der Waals surface area contributed by atoms with Crippen LogP contribution in [0.4, 0.5) is 5.95 Å². The number of para-hydroxylation sites is 1. The van der Waals surface area contributed by atoms with Crippen LogP contribution in [0.5, 0.6) is 0 Å². The lowest BCUT2D eigenvalue weighted by atomic mass is 10.3. The number of carbonyl (C=O) groups is 1. The normalized spacial score (nSPS) is 10.5. The molecule has 0 atom stereocenters. The fourth-order valence-corrected chi connectivity index (χ4v) is 1.94. The molecule has 2 aromatic rings. The van der Waals surface area contributed by atoms with Crippen LogP contribution in [0, 0.1) is 0 Å². The van der Waals surface area contributed by atoms with Crippen molar-refractivity contribution in [2.45, 2.75) is 6.42 Å². The Morgan fingerprint density at radius 2 is 2.14 bits per heavy atom. The zero-order valence-corrected chi connectivity index (χ0v) is 12.8. The standard InChI is InChI=1S/C14H20N6O2/c1-19(11-13(21)15-9-6-10-22-2)14-16-17-18-20(14)12-7-4-3-5-8-12/h3-5,7-8H,6,9-11H2,1-2H3,(H,15,21). The van der Waals surface area contributed by atoms with Crippen LogP contribution in [0.2, 0.25) is 0 Å². The molecule has 0 saturated heterocycles. The van der Waals surface area contributed by atoms with Gasteiger partial charge in [-0.25, -0.2) is 0 Å². The second-order valence-corrected chi connectivity index (χ2v) is 4.78. The van der Waals surface area contributed by atoms with Gasteiger partial charge in [0.15, 0.2) is 0 Å². The first-order valence-electron chi connectivity index (χ1n) is 7.03. The van der Waals surface area contributed by atoms with Crippen molar-refractivity contribution in [1.82, 2.24) is 25.5 Å². The molecule has 0 aliphatic carbocycles. The molecule has 0 unspecified atom stereocenters. The molecular weight excluding hydrogens is 284 g/mol. The van der Waals surface area contributed by atoms with Gasteiger partial charge in [-0.3, -0.25) is 4.79 Å². The van der Waals surface area contributed by atoms with E-state index in [2.05, 4.69) is 20.8 Å². The number of nitrogens with one attached hydrogen (secondary N) is 1. The van der Waals surface area contributed by atoms with Crippen LogP contribution in [0.3, 0.4) is 0 Å². The number of benzene rings is 1. The van der Waals surface area contributed by atoms with Crippen LogP contribution in [0.1, 0.15) is 6.42 Å². The van der Waals surface area contributed by atoms with Crippen molar-refractivity contribution in [2.75, 3.05) is 38.8 Å². The molecule has 8 nitrogen and oxygen atoms in total. The van der Waals surface area contributed by atoms with Crippen molar-refractivity contribution in [1.29, 1.82) is 0 Å². The maximum absolute atomic E-state index is 11.9. The minimum Gasteiger partial charge on any atom is -0.385 e. The number of carbonyl (C=O) groups excluding carboxylic acids is 1. The Morgan fingerprint density at radius 3 is 2.86 bits per heavy atom. The molecule has 0 fully saturated rings. The molecule has 118 valence electrons. The molecule has 1 amide bonds. The molecule has 1 heterocycles. The van der Waals surface area contributed by atoms with Crippen LogP contribution >= 0.6 is 0 Å². The highest BCUT2D eigenvalue weighted by atomic mass is 16.5. The van der Waals surface area contributed by atoms with Crippen LogP contribution in [0.15, 0.2) is 30.3 Å². The predicted octanol–water partition coefficient (Wildman–Crippen LogP) is 0.251. The van der Waals surface area contributed by atoms with Gasteiger partial charge in [0.25, 0.3) is 5.95 Å². The fraction of sp³-hybridized carbons (Fsp3) is 0.429. The lowest BCUT2D eigenvalue weighted by Crippen LogP contribution is -2.37. The number of ether oxygens (including phenoxy) is 1. The van der Waals surface area contributed by atoms with Crippen LogP contribution in [-0.2, 0) is 9.53 Å². The average Bonchev–Trinajstić information content (AvgIpc) is 3.02. The van der Waals surface area contributed by atoms with Gasteiger partial charge in [-0.1, -0.05) is 23.3 Å². The summed E-state index contributed by atoms with van der Waals surface area (Å²) in [6.07, 6.45) is 0.785. The summed E-state index contributed by atoms with van der Waals surface area (Å²) in [6.45, 7) is 1.40. The van der Waals surface area contributed by atoms with Crippen molar-refractivity contribution in [3.05, 3.63) is 30.3 Å². The Kier molecular flexibility index (Phi) is 5.84. The first kappa shape index (κ1) is 15.9. The molecule has 0 aliphatic heterocycles. The topological polar surface area (TPSA) is 85.2 Å². The van der Waals surface area contributed by atoms with Gasteiger partial charge in [0.05, 0.1) is 12.2 Å². The predicted molar refractivity (Wildman–Crippen MR) is 81.9 cm³/mol. The Balaban J connectivity index is 1.95. The van der Waals surface area contributed by atoms with Gasteiger partial charge in [0.2, 0.25) is 5.91 Å². The zero-order valence-electron chi connectivity index (χ0n) is 12.8. The lowest BCUT2D eigenvalue weighted by Gasteiger charge is -2.17. The van der Waals surface area contributed by atoms with Crippen LogP contribution < -0.4 is 10.2 Å². The van der Waals surface area contributed by atoms with Gasteiger partial charge in [-0.15, -0.1) is 0 Å². The second kappa shape index (κ2) is 8.08. The fourth-order valence-electron chi connectivity index (χ4n) is 1.94. The molecule has 8 heteroatoms. The number of amides is 1. The molecule has 0 radical (unpaired) electrons. The van der Waals surface area contributed by atoms with Gasteiger partial charge in [-0.05, 0) is 29.0 Å². The van der Waals surface area contributed by atoms with Crippen molar-refractivity contribution < 1.29 is 9.53 Å². The number of methoxy groups -OCH3 is 1. The van der Waals surface area contributed by atoms with Crippen molar-refractivity contribution in [3.63, 3.8) is 0 Å².